The molecule has 2 heterocycles. The van der Waals surface area contributed by atoms with E-state index in [0.717, 1.165) is 21.6 Å². The molecule has 2 aliphatic rings. The average molecular weight is 613 g/mol. The van der Waals surface area contributed by atoms with Crippen molar-refractivity contribution in [3.8, 4) is 12.1 Å². The molecule has 12 heteroatoms. The van der Waals surface area contributed by atoms with E-state index >= 15 is 0 Å². The minimum atomic E-state index is -0.664. The minimum Gasteiger partial charge on any atom is -0.398 e. The van der Waals surface area contributed by atoms with Gasteiger partial charge in [0.05, 0.1) is 59.7 Å². The second-order valence-corrected chi connectivity index (χ2v) is 10.4. The zero-order valence-electron chi connectivity index (χ0n) is 24.2. The fraction of sp³-hybridized carbons (Fsp3) is 0.118. The molecule has 0 spiro atoms. The van der Waals surface area contributed by atoms with Crippen molar-refractivity contribution < 1.29 is 24.1 Å². The topological polar surface area (TPSA) is 191 Å². The van der Waals surface area contributed by atoms with E-state index in [4.69, 9.17) is 16.3 Å². The first-order valence-corrected chi connectivity index (χ1v) is 13.9. The smallest absolute Gasteiger partial charge is 0.282 e. The van der Waals surface area contributed by atoms with Crippen molar-refractivity contribution in [3.05, 3.63) is 140 Å². The highest BCUT2D eigenvalue weighted by Gasteiger charge is 2.41. The summed E-state index contributed by atoms with van der Waals surface area (Å²) in [6.07, 6.45) is 0.614. The van der Waals surface area contributed by atoms with Gasteiger partial charge in [-0.25, -0.2) is 0 Å². The fourth-order valence-electron chi connectivity index (χ4n) is 5.19. The van der Waals surface area contributed by atoms with Crippen LogP contribution in [-0.2, 0) is 25.9 Å². The third-order valence-corrected chi connectivity index (χ3v) is 7.50. The summed E-state index contributed by atoms with van der Waals surface area (Å²) in [5, 5.41) is 28.4. The van der Waals surface area contributed by atoms with Crippen LogP contribution in [0, 0.1) is 32.8 Å². The van der Waals surface area contributed by atoms with Crippen molar-refractivity contribution >= 4 is 35.0 Å². The van der Waals surface area contributed by atoms with Crippen LogP contribution in [0.4, 0.5) is 11.4 Å². The van der Waals surface area contributed by atoms with Gasteiger partial charge in [-0.05, 0) is 40.5 Å². The maximum Gasteiger partial charge on any atom is 0.282 e. The van der Waals surface area contributed by atoms with Gasteiger partial charge in [0, 0.05) is 11.8 Å². The van der Waals surface area contributed by atoms with E-state index < -0.39 is 16.7 Å². The highest BCUT2D eigenvalue weighted by molar-refractivity contribution is 6.24. The van der Waals surface area contributed by atoms with Crippen molar-refractivity contribution in [1.82, 2.24) is 9.80 Å². The molecule has 0 radical (unpaired) electrons. The maximum atomic E-state index is 12.5. The number of carbonyl (C=O) groups excluding carboxylic acids is 4. The van der Waals surface area contributed by atoms with E-state index in [1.807, 2.05) is 30.3 Å². The number of rotatable bonds is 7. The lowest BCUT2D eigenvalue weighted by Gasteiger charge is -2.14. The van der Waals surface area contributed by atoms with Crippen LogP contribution < -0.4 is 5.73 Å². The third kappa shape index (κ3) is 5.91. The largest absolute Gasteiger partial charge is 0.398 e. The molecule has 12 nitrogen and oxygen atoms in total. The molecule has 46 heavy (non-hydrogen) atoms. The molecule has 6 rings (SSSR count). The van der Waals surface area contributed by atoms with Crippen molar-refractivity contribution in [2.75, 3.05) is 5.73 Å². The van der Waals surface area contributed by atoms with E-state index in [9.17, 15) is 29.3 Å². The molecule has 0 saturated carbocycles. The number of nitro benzene ring substituents is 1. The first-order valence-electron chi connectivity index (χ1n) is 13.9. The molecule has 4 aromatic carbocycles. The number of benzene rings is 4. The number of nitrogens with zero attached hydrogens (tertiary/aromatic N) is 5. The molecule has 4 amide bonds. The van der Waals surface area contributed by atoms with Crippen LogP contribution in [-0.4, -0.2) is 38.4 Å². The number of anilines is 1. The summed E-state index contributed by atoms with van der Waals surface area (Å²) in [5.41, 5.74) is 9.56. The van der Waals surface area contributed by atoms with Gasteiger partial charge in [-0.3, -0.25) is 39.1 Å². The average Bonchev–Trinajstić information content (AvgIpc) is 3.44. The molecule has 0 aromatic heterocycles. The molecule has 4 aromatic rings. The SMILES string of the molecule is N#CCc1ccc(CN2C(=O)c3cccc(N)c3C2=O)cc1.N#CCc1ccc(CN2C(=O)c3cccc([N+](=O)[O-])c3C2=O)cc1. The number of amides is 4. The van der Waals surface area contributed by atoms with Crippen LogP contribution in [0.3, 0.4) is 0 Å². The number of hydrogen-bond acceptors (Lipinski definition) is 9. The molecule has 0 fully saturated rings. The van der Waals surface area contributed by atoms with Gasteiger partial charge in [0.25, 0.3) is 29.3 Å². The van der Waals surface area contributed by atoms with Crippen LogP contribution in [0.15, 0.2) is 84.9 Å². The molecule has 0 aliphatic carbocycles. The van der Waals surface area contributed by atoms with Gasteiger partial charge in [0.1, 0.15) is 5.56 Å². The molecule has 2 N–H and O–H groups in total. The van der Waals surface area contributed by atoms with Gasteiger partial charge in [0.15, 0.2) is 0 Å². The van der Waals surface area contributed by atoms with Crippen LogP contribution in [0.5, 0.6) is 0 Å². The first-order chi connectivity index (χ1) is 22.1. The van der Waals surface area contributed by atoms with Gasteiger partial charge in [-0.2, -0.15) is 10.5 Å². The Kier molecular flexibility index (Phi) is 8.64. The lowest BCUT2D eigenvalue weighted by Crippen LogP contribution is -2.29. The highest BCUT2D eigenvalue weighted by atomic mass is 16.6. The number of imide groups is 2. The summed E-state index contributed by atoms with van der Waals surface area (Å²) in [6.45, 7) is 0.217. The Labute approximate surface area is 262 Å². The quantitative estimate of drug-likeness (QED) is 0.135. The molecule has 2 aliphatic heterocycles. The second-order valence-electron chi connectivity index (χ2n) is 10.4. The molecule has 0 atom stereocenters. The molecular weight excluding hydrogens is 588 g/mol. The third-order valence-electron chi connectivity index (χ3n) is 7.50. The maximum absolute atomic E-state index is 12.5. The number of fused-ring (bicyclic) bond motifs is 2. The van der Waals surface area contributed by atoms with E-state index in [1.165, 1.54) is 23.1 Å². The molecule has 0 saturated heterocycles. The predicted molar refractivity (Wildman–Crippen MR) is 164 cm³/mol. The first kappa shape index (κ1) is 30.8. The van der Waals surface area contributed by atoms with Crippen molar-refractivity contribution in [1.29, 1.82) is 10.5 Å². The summed E-state index contributed by atoms with van der Waals surface area (Å²) >= 11 is 0. The fourth-order valence-corrected chi connectivity index (χ4v) is 5.19. The zero-order valence-corrected chi connectivity index (χ0v) is 24.2. The Morgan fingerprint density at radius 1 is 0.609 bits per heavy atom. The second kappa shape index (κ2) is 12.9. The van der Waals surface area contributed by atoms with E-state index in [1.54, 1.807) is 42.5 Å². The lowest BCUT2D eigenvalue weighted by molar-refractivity contribution is -0.385. The Hall–Kier alpha value is -6.66. The van der Waals surface area contributed by atoms with Gasteiger partial charge in [-0.1, -0.05) is 60.7 Å². The zero-order chi connectivity index (χ0) is 33.0. The monoisotopic (exact) mass is 612 g/mol. The molecule has 0 bridgehead atoms. The number of nitriles is 2. The predicted octanol–water partition coefficient (Wildman–Crippen LogP) is 4.59. The molecule has 0 unspecified atom stereocenters. The highest BCUT2D eigenvalue weighted by Crippen LogP contribution is 2.32. The minimum absolute atomic E-state index is 0.0241. The Bertz CT molecular complexity index is 1990. The lowest BCUT2D eigenvalue weighted by atomic mass is 10.1. The summed E-state index contributed by atoms with van der Waals surface area (Å²) < 4.78 is 0. The number of hydrogen-bond donors (Lipinski definition) is 1. The van der Waals surface area contributed by atoms with Gasteiger partial charge in [-0.15, -0.1) is 0 Å². The number of nitro groups is 1. The normalized spacial score (nSPS) is 13.0. The Balaban J connectivity index is 0.000000182. The molecule has 226 valence electrons. The van der Waals surface area contributed by atoms with Gasteiger partial charge >= 0.3 is 0 Å². The summed E-state index contributed by atoms with van der Waals surface area (Å²) in [6, 6.07) is 27.3. The van der Waals surface area contributed by atoms with Crippen LogP contribution >= 0.6 is 0 Å². The van der Waals surface area contributed by atoms with Crippen molar-refractivity contribution in [3.63, 3.8) is 0 Å². The van der Waals surface area contributed by atoms with Crippen molar-refractivity contribution in [2.45, 2.75) is 25.9 Å². The summed E-state index contributed by atoms with van der Waals surface area (Å²) in [7, 11) is 0. The van der Waals surface area contributed by atoms with Gasteiger partial charge < -0.3 is 5.73 Å². The van der Waals surface area contributed by atoms with E-state index in [0.29, 0.717) is 23.2 Å². The summed E-state index contributed by atoms with van der Waals surface area (Å²) in [5.74, 6) is -1.89. The number of carbonyl (C=O) groups is 4. The van der Waals surface area contributed by atoms with E-state index in [-0.39, 0.29) is 53.7 Å². The van der Waals surface area contributed by atoms with Gasteiger partial charge in [0.2, 0.25) is 0 Å². The standard InChI is InChI=1S/C17H11N3O4.C17H13N3O2/c18-9-8-11-4-6-12(7-5-11)10-19-16(21)13-2-1-3-14(20(23)24)15(13)17(19)22;18-9-8-11-4-6-12(7-5-11)10-20-16(21)13-2-1-3-14(19)15(13)17(20)22/h1-7H,8,10H2;1-7H,8,10,19H2. The number of nitrogens with two attached hydrogens (primary N) is 1. The van der Waals surface area contributed by atoms with Crippen molar-refractivity contribution in [2.24, 2.45) is 0 Å². The Morgan fingerprint density at radius 2 is 1.02 bits per heavy atom. The van der Waals surface area contributed by atoms with E-state index in [2.05, 4.69) is 6.07 Å². The van der Waals surface area contributed by atoms with Crippen LogP contribution in [0.1, 0.15) is 63.7 Å². The Morgan fingerprint density at radius 3 is 1.46 bits per heavy atom. The van der Waals surface area contributed by atoms with Crippen LogP contribution in [0.2, 0.25) is 0 Å². The van der Waals surface area contributed by atoms with Crippen LogP contribution in [0.25, 0.3) is 0 Å². The molecular formula is C34H24N6O6. The summed E-state index contributed by atoms with van der Waals surface area (Å²) in [4.78, 5) is 62.2. The number of nitrogen functional groups attached to an aromatic ring is 1.